The number of hydrogen-bond donors (Lipinski definition) is 1. The maximum Gasteiger partial charge on any atom is 0.418 e. The lowest BCUT2D eigenvalue weighted by Crippen LogP contribution is -2.29. The minimum atomic E-state index is -4.61. The molecule has 0 saturated carbocycles. The van der Waals surface area contributed by atoms with Gasteiger partial charge in [-0.3, -0.25) is 0 Å². The average molecular weight is 234 g/mol. The van der Waals surface area contributed by atoms with Gasteiger partial charge >= 0.3 is 6.18 Å². The van der Waals surface area contributed by atoms with Crippen molar-refractivity contribution in [1.29, 1.82) is 0 Å². The first-order valence-electron chi connectivity index (χ1n) is 4.10. The second-order valence-corrected chi connectivity index (χ2v) is 2.91. The summed E-state index contributed by atoms with van der Waals surface area (Å²) in [4.78, 5) is 10.0. The van der Waals surface area contributed by atoms with Crippen LogP contribution in [0.15, 0.2) is 18.2 Å². The van der Waals surface area contributed by atoms with Crippen LogP contribution in [0.1, 0.15) is 5.56 Å². The normalized spacial score (nSPS) is 11.2. The van der Waals surface area contributed by atoms with Gasteiger partial charge in [0.15, 0.2) is 0 Å². The Morgan fingerprint density at radius 3 is 2.56 bits per heavy atom. The Labute approximate surface area is 88.4 Å². The summed E-state index contributed by atoms with van der Waals surface area (Å²) < 4.78 is 41.6. The molecule has 0 unspecified atom stereocenters. The zero-order chi connectivity index (χ0) is 12.3. The molecule has 0 bridgehead atoms. The maximum absolute atomic E-state index is 12.4. The Hall–Kier alpha value is -1.92. The molecule has 0 saturated heterocycles. The van der Waals surface area contributed by atoms with E-state index in [1.807, 2.05) is 0 Å². The van der Waals surface area contributed by atoms with Crippen molar-refractivity contribution in [2.75, 3.05) is 12.3 Å². The van der Waals surface area contributed by atoms with Gasteiger partial charge in [0.05, 0.1) is 11.5 Å². The minimum absolute atomic E-state index is 0.231. The minimum Gasteiger partial charge on any atom is -0.546 e. The topological polar surface area (TPSA) is 75.4 Å². The largest absolute Gasteiger partial charge is 0.546 e. The molecule has 88 valence electrons. The van der Waals surface area contributed by atoms with Crippen LogP contribution in [-0.4, -0.2) is 12.6 Å². The molecule has 16 heavy (non-hydrogen) atoms. The number of carbonyl (C=O) groups is 1. The molecule has 0 heterocycles. The van der Waals surface area contributed by atoms with Crippen LogP contribution in [0.3, 0.4) is 0 Å². The van der Waals surface area contributed by atoms with E-state index in [1.54, 1.807) is 0 Å². The molecule has 0 spiro atoms. The summed E-state index contributed by atoms with van der Waals surface area (Å²) in [6, 6.07) is 2.78. The SMILES string of the molecule is Nc1ccc(OCC(=O)[O-])cc1C(F)(F)F. The number of benzene rings is 1. The molecule has 0 atom stereocenters. The molecule has 1 aromatic rings. The second kappa shape index (κ2) is 4.30. The van der Waals surface area contributed by atoms with Gasteiger partial charge < -0.3 is 20.4 Å². The predicted molar refractivity (Wildman–Crippen MR) is 46.4 cm³/mol. The summed E-state index contributed by atoms with van der Waals surface area (Å²) in [5.41, 5.74) is 3.61. The first-order valence-corrected chi connectivity index (χ1v) is 4.10. The fourth-order valence-electron chi connectivity index (χ4n) is 1.01. The van der Waals surface area contributed by atoms with E-state index in [1.165, 1.54) is 0 Å². The van der Waals surface area contributed by atoms with Crippen LogP contribution in [0.4, 0.5) is 18.9 Å². The first kappa shape index (κ1) is 12.2. The second-order valence-electron chi connectivity index (χ2n) is 2.91. The monoisotopic (exact) mass is 234 g/mol. The number of nitrogen functional groups attached to an aromatic ring is 1. The van der Waals surface area contributed by atoms with Gasteiger partial charge in [-0.25, -0.2) is 0 Å². The van der Waals surface area contributed by atoms with Crippen LogP contribution >= 0.6 is 0 Å². The van der Waals surface area contributed by atoms with Gasteiger partial charge in [-0.05, 0) is 18.2 Å². The quantitative estimate of drug-likeness (QED) is 0.769. The number of rotatable bonds is 3. The van der Waals surface area contributed by atoms with E-state index in [0.717, 1.165) is 12.1 Å². The lowest BCUT2D eigenvalue weighted by atomic mass is 10.1. The highest BCUT2D eigenvalue weighted by Crippen LogP contribution is 2.35. The lowest BCUT2D eigenvalue weighted by Gasteiger charge is -2.12. The lowest BCUT2D eigenvalue weighted by molar-refractivity contribution is -0.307. The van der Waals surface area contributed by atoms with E-state index in [2.05, 4.69) is 4.74 Å². The Bertz CT molecular complexity index is 403. The van der Waals surface area contributed by atoms with Gasteiger partial charge in [0.2, 0.25) is 0 Å². The molecule has 1 rings (SSSR count). The van der Waals surface area contributed by atoms with Gasteiger partial charge in [0.1, 0.15) is 12.4 Å². The van der Waals surface area contributed by atoms with E-state index < -0.39 is 30.0 Å². The van der Waals surface area contributed by atoms with Crippen molar-refractivity contribution in [1.82, 2.24) is 0 Å². The van der Waals surface area contributed by atoms with Crippen LogP contribution in [-0.2, 0) is 11.0 Å². The number of ether oxygens (including phenoxy) is 1. The van der Waals surface area contributed by atoms with Crippen molar-refractivity contribution in [3.63, 3.8) is 0 Å². The molecule has 7 heteroatoms. The van der Waals surface area contributed by atoms with Crippen LogP contribution in [0.5, 0.6) is 5.75 Å². The molecule has 0 amide bonds. The van der Waals surface area contributed by atoms with E-state index in [4.69, 9.17) is 5.73 Å². The number of carboxylic acids is 1. The number of nitrogens with two attached hydrogens (primary N) is 1. The predicted octanol–water partition coefficient (Wildman–Crippen LogP) is 0.416. The number of alkyl halides is 3. The van der Waals surface area contributed by atoms with Crippen molar-refractivity contribution in [3.05, 3.63) is 23.8 Å². The standard InChI is InChI=1S/C9H8F3NO3/c10-9(11,12)6-3-5(1-2-7(6)13)16-4-8(14)15/h1-3H,4,13H2,(H,14,15)/p-1. The van der Waals surface area contributed by atoms with E-state index in [9.17, 15) is 23.1 Å². The van der Waals surface area contributed by atoms with E-state index in [-0.39, 0.29) is 5.75 Å². The van der Waals surface area contributed by atoms with Crippen LogP contribution in [0, 0.1) is 0 Å². The molecule has 1 aromatic carbocycles. The molecular weight excluding hydrogens is 227 g/mol. The molecule has 0 fully saturated rings. The third kappa shape index (κ3) is 3.04. The van der Waals surface area contributed by atoms with Gasteiger partial charge in [0.25, 0.3) is 0 Å². The number of anilines is 1. The number of carbonyl (C=O) groups excluding carboxylic acids is 1. The molecule has 0 aliphatic carbocycles. The highest BCUT2D eigenvalue weighted by molar-refractivity contribution is 5.66. The summed E-state index contributed by atoms with van der Waals surface area (Å²) in [6.45, 7) is -0.818. The zero-order valence-electron chi connectivity index (χ0n) is 7.88. The Morgan fingerprint density at radius 2 is 2.06 bits per heavy atom. The van der Waals surface area contributed by atoms with Gasteiger partial charge in [-0.2, -0.15) is 13.2 Å². The van der Waals surface area contributed by atoms with Crippen LogP contribution in [0.25, 0.3) is 0 Å². The third-order valence-electron chi connectivity index (χ3n) is 1.69. The fourth-order valence-corrected chi connectivity index (χ4v) is 1.01. The summed E-state index contributed by atoms with van der Waals surface area (Å²) in [5, 5.41) is 10.0. The number of aliphatic carboxylic acids is 1. The number of carboxylic acid groups (broad SMARTS) is 1. The van der Waals surface area contributed by atoms with Crippen molar-refractivity contribution >= 4 is 11.7 Å². The smallest absolute Gasteiger partial charge is 0.418 e. The summed E-state index contributed by atoms with van der Waals surface area (Å²) >= 11 is 0. The Morgan fingerprint density at radius 1 is 1.44 bits per heavy atom. The molecule has 0 aliphatic rings. The van der Waals surface area contributed by atoms with Gasteiger partial charge in [0, 0.05) is 5.69 Å². The molecule has 0 radical (unpaired) electrons. The van der Waals surface area contributed by atoms with Crippen molar-refractivity contribution in [2.24, 2.45) is 0 Å². The summed E-state index contributed by atoms with van der Waals surface area (Å²) in [7, 11) is 0. The first-order chi connectivity index (χ1) is 7.30. The molecule has 0 aliphatic heterocycles. The Kier molecular flexibility index (Phi) is 3.26. The van der Waals surface area contributed by atoms with Gasteiger partial charge in [-0.1, -0.05) is 0 Å². The Balaban J connectivity index is 2.94. The van der Waals surface area contributed by atoms with Crippen LogP contribution in [0.2, 0.25) is 0 Å². The number of hydrogen-bond acceptors (Lipinski definition) is 4. The molecule has 4 nitrogen and oxygen atoms in total. The zero-order valence-corrected chi connectivity index (χ0v) is 7.88. The average Bonchev–Trinajstić information content (AvgIpc) is 2.14. The van der Waals surface area contributed by atoms with Crippen molar-refractivity contribution in [3.8, 4) is 5.75 Å². The third-order valence-corrected chi connectivity index (χ3v) is 1.69. The van der Waals surface area contributed by atoms with Crippen molar-refractivity contribution in [2.45, 2.75) is 6.18 Å². The fraction of sp³-hybridized carbons (Fsp3) is 0.222. The van der Waals surface area contributed by atoms with E-state index >= 15 is 0 Å². The maximum atomic E-state index is 12.4. The van der Waals surface area contributed by atoms with Gasteiger partial charge in [-0.15, -0.1) is 0 Å². The molecular formula is C9H7F3NO3-. The molecule has 0 aromatic heterocycles. The number of halogens is 3. The summed E-state index contributed by atoms with van der Waals surface area (Å²) in [5.74, 6) is -1.75. The molecule has 2 N–H and O–H groups in total. The summed E-state index contributed by atoms with van der Waals surface area (Å²) in [6.07, 6.45) is -4.61. The van der Waals surface area contributed by atoms with Crippen molar-refractivity contribution < 1.29 is 27.8 Å². The van der Waals surface area contributed by atoms with Crippen LogP contribution < -0.4 is 15.6 Å². The highest BCUT2D eigenvalue weighted by Gasteiger charge is 2.33. The highest BCUT2D eigenvalue weighted by atomic mass is 19.4. The van der Waals surface area contributed by atoms with E-state index in [0.29, 0.717) is 6.07 Å².